The maximum absolute atomic E-state index is 11.6. The molecule has 17 heavy (non-hydrogen) atoms. The molecule has 0 aromatic carbocycles. The molecule has 1 atom stereocenters. The van der Waals surface area contributed by atoms with Gasteiger partial charge in [-0.1, -0.05) is 0 Å². The van der Waals surface area contributed by atoms with Crippen LogP contribution in [0.15, 0.2) is 0 Å². The van der Waals surface area contributed by atoms with Crippen LogP contribution in [0.4, 0.5) is 0 Å². The number of hydrogen-bond donors (Lipinski definition) is 0. The number of piperazine rings is 1. The van der Waals surface area contributed by atoms with Gasteiger partial charge in [-0.25, -0.2) is 0 Å². The van der Waals surface area contributed by atoms with E-state index in [1.807, 2.05) is 4.90 Å². The van der Waals surface area contributed by atoms with Crippen molar-refractivity contribution in [3.8, 4) is 0 Å². The van der Waals surface area contributed by atoms with Crippen molar-refractivity contribution >= 4 is 5.91 Å². The number of likely N-dealkylation sites (N-methyl/N-ethyl adjacent to an activating group) is 1. The van der Waals surface area contributed by atoms with Crippen LogP contribution < -0.4 is 0 Å². The fourth-order valence-corrected chi connectivity index (χ4v) is 3.68. The first-order valence-electron chi connectivity index (χ1n) is 6.39. The minimum atomic E-state index is 0.198. The van der Waals surface area contributed by atoms with Gasteiger partial charge in [-0.05, 0) is 7.05 Å². The van der Waals surface area contributed by atoms with Crippen molar-refractivity contribution in [3.05, 3.63) is 0 Å². The van der Waals surface area contributed by atoms with Gasteiger partial charge in [0.05, 0.1) is 24.8 Å². The molecule has 3 aliphatic rings. The largest absolute Gasteiger partial charge is 0.378 e. The number of rotatable bonds is 0. The fourth-order valence-electron chi connectivity index (χ4n) is 3.68. The van der Waals surface area contributed by atoms with Gasteiger partial charge in [0.2, 0.25) is 5.91 Å². The second-order valence-electron chi connectivity index (χ2n) is 5.72. The van der Waals surface area contributed by atoms with Gasteiger partial charge in [0, 0.05) is 39.6 Å². The maximum atomic E-state index is 11.6. The van der Waals surface area contributed by atoms with Crippen molar-refractivity contribution in [2.75, 3.05) is 53.0 Å². The quantitative estimate of drug-likeness (QED) is 0.556. The van der Waals surface area contributed by atoms with Gasteiger partial charge in [-0.2, -0.15) is 0 Å². The number of likely N-dealkylation sites (tertiary alicyclic amines) is 1. The van der Waals surface area contributed by atoms with Gasteiger partial charge in [-0.3, -0.25) is 9.69 Å². The monoisotopic (exact) mass is 239 g/mol. The number of fused-ring (bicyclic) bond motifs is 2. The third-order valence-corrected chi connectivity index (χ3v) is 4.33. The number of hydrogen-bond acceptors (Lipinski definition) is 4. The number of carbonyl (C=O) groups excluding carboxylic acids is 1. The highest BCUT2D eigenvalue weighted by Crippen LogP contribution is 2.34. The summed E-state index contributed by atoms with van der Waals surface area (Å²) in [4.78, 5) is 18.6. The lowest BCUT2D eigenvalue weighted by Gasteiger charge is -2.62. The topological polar surface area (TPSA) is 36.0 Å². The van der Waals surface area contributed by atoms with E-state index in [2.05, 4.69) is 16.8 Å². The first-order chi connectivity index (χ1) is 8.11. The van der Waals surface area contributed by atoms with Crippen molar-refractivity contribution in [2.24, 2.45) is 0 Å². The molecule has 5 nitrogen and oxygen atoms in total. The Balaban J connectivity index is 1.82. The summed E-state index contributed by atoms with van der Waals surface area (Å²) in [5.41, 5.74) is 0.202. The molecule has 1 spiro atoms. The van der Waals surface area contributed by atoms with Crippen molar-refractivity contribution in [3.63, 3.8) is 0 Å². The van der Waals surface area contributed by atoms with Crippen LogP contribution in [-0.4, -0.2) is 85.2 Å². The molecule has 5 heteroatoms. The van der Waals surface area contributed by atoms with Gasteiger partial charge in [0.1, 0.15) is 0 Å². The normalized spacial score (nSPS) is 33.3. The summed E-state index contributed by atoms with van der Waals surface area (Å²) >= 11 is 0. The zero-order valence-corrected chi connectivity index (χ0v) is 10.7. The number of carbonyl (C=O) groups is 1. The van der Waals surface area contributed by atoms with E-state index in [4.69, 9.17) is 4.74 Å². The van der Waals surface area contributed by atoms with E-state index in [0.717, 1.165) is 45.9 Å². The van der Waals surface area contributed by atoms with Gasteiger partial charge in [0.25, 0.3) is 0 Å². The average molecular weight is 239 g/mol. The van der Waals surface area contributed by atoms with Crippen LogP contribution in [0.1, 0.15) is 6.92 Å². The van der Waals surface area contributed by atoms with Crippen LogP contribution in [-0.2, 0) is 9.53 Å². The Kier molecular flexibility index (Phi) is 2.65. The number of morpholine rings is 1. The summed E-state index contributed by atoms with van der Waals surface area (Å²) in [7, 11) is 2.15. The Morgan fingerprint density at radius 1 is 1.35 bits per heavy atom. The molecule has 3 heterocycles. The summed E-state index contributed by atoms with van der Waals surface area (Å²) in [6.45, 7) is 8.18. The van der Waals surface area contributed by atoms with E-state index in [0.29, 0.717) is 6.04 Å². The Hall–Kier alpha value is -0.650. The molecule has 0 N–H and O–H groups in total. The molecule has 0 aromatic heterocycles. The Bertz CT molecular complexity index is 328. The summed E-state index contributed by atoms with van der Waals surface area (Å²) in [6, 6.07) is 0.398. The Morgan fingerprint density at radius 3 is 2.76 bits per heavy atom. The molecule has 0 saturated carbocycles. The highest BCUT2D eigenvalue weighted by atomic mass is 16.5. The molecule has 3 rings (SSSR count). The maximum Gasteiger partial charge on any atom is 0.219 e. The lowest BCUT2D eigenvalue weighted by atomic mass is 9.83. The van der Waals surface area contributed by atoms with Crippen LogP contribution in [0.25, 0.3) is 0 Å². The second kappa shape index (κ2) is 3.93. The molecule has 0 unspecified atom stereocenters. The van der Waals surface area contributed by atoms with E-state index >= 15 is 0 Å². The third-order valence-electron chi connectivity index (χ3n) is 4.33. The second-order valence-corrected chi connectivity index (χ2v) is 5.72. The first kappa shape index (κ1) is 11.4. The number of nitrogens with zero attached hydrogens (tertiary/aromatic N) is 3. The molecular weight excluding hydrogens is 218 g/mol. The Morgan fingerprint density at radius 2 is 2.12 bits per heavy atom. The van der Waals surface area contributed by atoms with E-state index in [1.54, 1.807) is 6.92 Å². The molecule has 0 radical (unpaired) electrons. The van der Waals surface area contributed by atoms with Crippen LogP contribution in [0.2, 0.25) is 0 Å². The minimum absolute atomic E-state index is 0.198. The standard InChI is InChI=1S/C12H21N3O2/c1-10(16)14-5-11-6-17-4-3-15(11)12(9-14)7-13(2)8-12/h11H,3-9H2,1-2H3/t11-/m1/s1. The van der Waals surface area contributed by atoms with E-state index in [9.17, 15) is 4.79 Å². The molecule has 0 aliphatic carbocycles. The molecule has 3 saturated heterocycles. The lowest BCUT2D eigenvalue weighted by Crippen LogP contribution is -2.80. The van der Waals surface area contributed by atoms with Crippen molar-refractivity contribution in [1.29, 1.82) is 0 Å². The predicted molar refractivity (Wildman–Crippen MR) is 63.8 cm³/mol. The van der Waals surface area contributed by atoms with Gasteiger partial charge >= 0.3 is 0 Å². The summed E-state index contributed by atoms with van der Waals surface area (Å²) < 4.78 is 5.56. The molecular formula is C12H21N3O2. The van der Waals surface area contributed by atoms with Crippen LogP contribution >= 0.6 is 0 Å². The first-order valence-corrected chi connectivity index (χ1v) is 6.39. The molecule has 1 amide bonds. The van der Waals surface area contributed by atoms with Gasteiger partial charge < -0.3 is 14.5 Å². The van der Waals surface area contributed by atoms with Crippen LogP contribution in [0.3, 0.4) is 0 Å². The minimum Gasteiger partial charge on any atom is -0.378 e. The molecule has 3 aliphatic heterocycles. The zero-order valence-electron chi connectivity index (χ0n) is 10.7. The third kappa shape index (κ3) is 1.77. The SMILES string of the molecule is CC(=O)N1C[C@@H]2COCCN2C2(CN(C)C2)C1. The number of amides is 1. The van der Waals surface area contributed by atoms with E-state index in [1.165, 1.54) is 0 Å². The zero-order chi connectivity index (χ0) is 12.0. The van der Waals surface area contributed by atoms with Crippen LogP contribution in [0.5, 0.6) is 0 Å². The summed E-state index contributed by atoms with van der Waals surface area (Å²) in [6.07, 6.45) is 0. The Labute approximate surface area is 102 Å². The molecule has 96 valence electrons. The summed E-state index contributed by atoms with van der Waals surface area (Å²) in [5.74, 6) is 0.198. The highest BCUT2D eigenvalue weighted by Gasteiger charge is 2.53. The van der Waals surface area contributed by atoms with Crippen molar-refractivity contribution < 1.29 is 9.53 Å². The van der Waals surface area contributed by atoms with Gasteiger partial charge in [0.15, 0.2) is 0 Å². The number of ether oxygens (including phenoxy) is 1. The summed E-state index contributed by atoms with van der Waals surface area (Å²) in [5, 5.41) is 0. The van der Waals surface area contributed by atoms with Gasteiger partial charge in [-0.15, -0.1) is 0 Å². The fraction of sp³-hybridized carbons (Fsp3) is 0.917. The average Bonchev–Trinajstić information content (AvgIpc) is 2.27. The van der Waals surface area contributed by atoms with Crippen LogP contribution in [0, 0.1) is 0 Å². The highest BCUT2D eigenvalue weighted by molar-refractivity contribution is 5.73. The predicted octanol–water partition coefficient (Wildman–Crippen LogP) is -0.766. The smallest absolute Gasteiger partial charge is 0.219 e. The molecule has 0 bridgehead atoms. The van der Waals surface area contributed by atoms with E-state index < -0.39 is 0 Å². The van der Waals surface area contributed by atoms with E-state index in [-0.39, 0.29) is 11.4 Å². The van der Waals surface area contributed by atoms with Crippen molar-refractivity contribution in [2.45, 2.75) is 18.5 Å². The lowest BCUT2D eigenvalue weighted by molar-refractivity contribution is -0.170. The molecule has 3 fully saturated rings. The van der Waals surface area contributed by atoms with Crippen molar-refractivity contribution in [1.82, 2.24) is 14.7 Å². The molecule has 0 aromatic rings.